The van der Waals surface area contributed by atoms with Crippen molar-refractivity contribution in [2.75, 3.05) is 24.1 Å². The van der Waals surface area contributed by atoms with E-state index in [9.17, 15) is 24.0 Å². The first-order chi connectivity index (χ1) is 44.1. The number of benzene rings is 8. The highest BCUT2D eigenvalue weighted by Gasteiger charge is 2.27. The molecular formula is C75H76N8O10. The SMILES string of the molecule is Cc1ccc(-c2ccc(-c3noc(-c4ccc(CN(CC(=O)OC(C)(C)C)C(=O)c5ccc(N)cc5)cc4)n3)cc2)cc1.Cc1ccc(-c2ccc(-c3noc(-c4ccc(CN(CC(=O)OC(C)(C)C)C(=O)c5ccc(NC(=O)OC(C)(C)C)cc5)cc4)n3)cc2)cc1. The van der Waals surface area contributed by atoms with E-state index in [4.69, 9.17) is 29.0 Å². The maximum Gasteiger partial charge on any atom is 0.412 e. The summed E-state index contributed by atoms with van der Waals surface area (Å²) >= 11 is 0. The smallest absolute Gasteiger partial charge is 0.412 e. The number of amides is 3. The quantitative estimate of drug-likeness (QED) is 0.0490. The molecule has 2 aromatic heterocycles. The van der Waals surface area contributed by atoms with Crippen molar-refractivity contribution in [1.82, 2.24) is 30.1 Å². The Morgan fingerprint density at radius 3 is 1.06 bits per heavy atom. The van der Waals surface area contributed by atoms with Crippen LogP contribution in [0.4, 0.5) is 16.2 Å². The summed E-state index contributed by atoms with van der Waals surface area (Å²) in [5.74, 6) is 0.00883. The fourth-order valence-corrected chi connectivity index (χ4v) is 9.54. The number of aryl methyl sites for hydroxylation is 2. The van der Waals surface area contributed by atoms with E-state index in [1.54, 1.807) is 111 Å². The van der Waals surface area contributed by atoms with Crippen LogP contribution in [0.2, 0.25) is 0 Å². The lowest BCUT2D eigenvalue weighted by Crippen LogP contribution is -2.38. The number of nitrogen functional groups attached to an aromatic ring is 1. The van der Waals surface area contributed by atoms with Crippen LogP contribution in [0.5, 0.6) is 0 Å². The van der Waals surface area contributed by atoms with Gasteiger partial charge in [0.25, 0.3) is 23.6 Å². The molecule has 0 aliphatic rings. The Morgan fingerprint density at radius 2 is 0.720 bits per heavy atom. The molecule has 0 spiro atoms. The van der Waals surface area contributed by atoms with E-state index in [2.05, 4.69) is 88.0 Å². The zero-order valence-corrected chi connectivity index (χ0v) is 54.1. The average Bonchev–Trinajstić information content (AvgIpc) is 1.83. The molecule has 10 rings (SSSR count). The van der Waals surface area contributed by atoms with E-state index in [1.165, 1.54) is 20.9 Å². The van der Waals surface area contributed by atoms with Crippen LogP contribution in [0.1, 0.15) is 105 Å². The zero-order valence-electron chi connectivity index (χ0n) is 54.1. The third-order valence-corrected chi connectivity index (χ3v) is 14.0. The van der Waals surface area contributed by atoms with Crippen molar-refractivity contribution in [2.24, 2.45) is 0 Å². The van der Waals surface area contributed by atoms with Crippen LogP contribution >= 0.6 is 0 Å². The number of ether oxygens (including phenoxy) is 3. The highest BCUT2D eigenvalue weighted by molar-refractivity contribution is 5.97. The molecule has 0 radical (unpaired) electrons. The summed E-state index contributed by atoms with van der Waals surface area (Å²) in [6, 6.07) is 60.6. The van der Waals surface area contributed by atoms with Gasteiger partial charge < -0.3 is 38.8 Å². The van der Waals surface area contributed by atoms with E-state index in [1.807, 2.05) is 97.1 Å². The van der Waals surface area contributed by atoms with Crippen molar-refractivity contribution in [2.45, 2.75) is 106 Å². The number of hydrogen-bond acceptors (Lipinski definition) is 15. The first-order valence-electron chi connectivity index (χ1n) is 30.3. The molecule has 93 heavy (non-hydrogen) atoms. The second-order valence-corrected chi connectivity index (χ2v) is 25.4. The Hall–Kier alpha value is -11.0. The Labute approximate surface area is 541 Å². The summed E-state index contributed by atoms with van der Waals surface area (Å²) in [5, 5.41) is 11.0. The van der Waals surface area contributed by atoms with Crippen molar-refractivity contribution in [3.63, 3.8) is 0 Å². The summed E-state index contributed by atoms with van der Waals surface area (Å²) in [5.41, 5.74) is 17.2. The average molecular weight is 1250 g/mol. The second kappa shape index (κ2) is 28.9. The highest BCUT2D eigenvalue weighted by atomic mass is 16.6. The number of hydrogen-bond donors (Lipinski definition) is 2. The van der Waals surface area contributed by atoms with Crippen molar-refractivity contribution in [3.8, 4) is 67.9 Å². The van der Waals surface area contributed by atoms with E-state index < -0.39 is 34.8 Å². The fraction of sp³-hybridized carbons (Fsp3) is 0.240. The first-order valence-corrected chi connectivity index (χ1v) is 30.3. The fourth-order valence-electron chi connectivity index (χ4n) is 9.54. The normalized spacial score (nSPS) is 11.4. The molecule has 18 nitrogen and oxygen atoms in total. The van der Waals surface area contributed by atoms with Crippen molar-refractivity contribution >= 4 is 41.2 Å². The third-order valence-electron chi connectivity index (χ3n) is 14.0. The lowest BCUT2D eigenvalue weighted by atomic mass is 10.0. The van der Waals surface area contributed by atoms with Gasteiger partial charge in [-0.05, 0) is 182 Å². The molecule has 0 aliphatic carbocycles. The number of anilines is 2. The molecule has 0 bridgehead atoms. The van der Waals surface area contributed by atoms with Gasteiger partial charge in [0.05, 0.1) is 0 Å². The monoisotopic (exact) mass is 1250 g/mol. The molecule has 2 heterocycles. The van der Waals surface area contributed by atoms with Crippen LogP contribution in [-0.2, 0) is 36.9 Å². The Balaban J connectivity index is 0.000000222. The molecule has 8 aromatic carbocycles. The van der Waals surface area contributed by atoms with Crippen LogP contribution in [0.15, 0.2) is 203 Å². The number of nitrogens with zero attached hydrogens (tertiary/aromatic N) is 6. The van der Waals surface area contributed by atoms with Crippen molar-refractivity contribution < 1.29 is 47.2 Å². The van der Waals surface area contributed by atoms with Gasteiger partial charge in [0, 0.05) is 57.8 Å². The van der Waals surface area contributed by atoms with Crippen LogP contribution in [0.25, 0.3) is 67.9 Å². The predicted octanol–water partition coefficient (Wildman–Crippen LogP) is 15.7. The van der Waals surface area contributed by atoms with Crippen molar-refractivity contribution in [3.05, 3.63) is 228 Å². The molecule has 0 fully saturated rings. The molecule has 0 saturated heterocycles. The minimum Gasteiger partial charge on any atom is -0.459 e. The number of aromatic nitrogens is 4. The van der Waals surface area contributed by atoms with E-state index in [0.717, 1.165) is 50.1 Å². The van der Waals surface area contributed by atoms with Gasteiger partial charge in [-0.1, -0.05) is 143 Å². The second-order valence-electron chi connectivity index (χ2n) is 25.4. The number of esters is 2. The van der Waals surface area contributed by atoms with Crippen LogP contribution in [-0.4, -0.2) is 89.8 Å². The lowest BCUT2D eigenvalue weighted by Gasteiger charge is -2.25. The summed E-state index contributed by atoms with van der Waals surface area (Å²) < 4.78 is 27.4. The summed E-state index contributed by atoms with van der Waals surface area (Å²) in [6.07, 6.45) is -0.601. The van der Waals surface area contributed by atoms with Gasteiger partial charge in [-0.3, -0.25) is 24.5 Å². The topological polar surface area (TPSA) is 235 Å². The molecular weight excluding hydrogens is 1170 g/mol. The Morgan fingerprint density at radius 1 is 0.409 bits per heavy atom. The number of carbonyl (C=O) groups is 5. The van der Waals surface area contributed by atoms with E-state index in [-0.39, 0.29) is 38.0 Å². The van der Waals surface area contributed by atoms with Gasteiger partial charge in [0.2, 0.25) is 11.6 Å². The predicted molar refractivity (Wildman–Crippen MR) is 359 cm³/mol. The van der Waals surface area contributed by atoms with E-state index >= 15 is 0 Å². The molecule has 0 unspecified atom stereocenters. The van der Waals surface area contributed by atoms with Crippen molar-refractivity contribution in [1.29, 1.82) is 0 Å². The number of nitrogens with two attached hydrogens (primary N) is 1. The molecule has 3 amide bonds. The van der Waals surface area contributed by atoms with Crippen LogP contribution in [0, 0.1) is 13.8 Å². The van der Waals surface area contributed by atoms with Crippen LogP contribution < -0.4 is 11.1 Å². The third kappa shape index (κ3) is 19.3. The minimum absolute atomic E-state index is 0.138. The lowest BCUT2D eigenvalue weighted by molar-refractivity contribution is -0.156. The number of nitrogens with one attached hydrogen (secondary N) is 1. The van der Waals surface area contributed by atoms with Gasteiger partial charge in [-0.2, -0.15) is 9.97 Å². The van der Waals surface area contributed by atoms with Gasteiger partial charge in [-0.15, -0.1) is 0 Å². The molecule has 476 valence electrons. The maximum absolute atomic E-state index is 13.7. The largest absolute Gasteiger partial charge is 0.459 e. The molecule has 0 aliphatic heterocycles. The molecule has 0 saturated carbocycles. The minimum atomic E-state index is -0.714. The highest BCUT2D eigenvalue weighted by Crippen LogP contribution is 2.30. The van der Waals surface area contributed by atoms with Gasteiger partial charge in [0.15, 0.2) is 0 Å². The molecule has 18 heteroatoms. The molecule has 3 N–H and O–H groups in total. The summed E-state index contributed by atoms with van der Waals surface area (Å²) in [7, 11) is 0. The molecule has 10 aromatic rings. The van der Waals surface area contributed by atoms with Gasteiger partial charge in [0.1, 0.15) is 29.9 Å². The standard InChI is InChI=1S/C40H42N4O6.C35H34N4O4/c1-26-8-12-28(13-9-26)29-16-18-30(19-17-29)35-42-36(50-43-35)31-14-10-27(11-15-31)24-44(25-34(45)48-39(2,3)4)37(46)32-20-22-33(23-21-32)41-38(47)49-40(5,6)7;1-23-5-9-25(10-6-23)26-13-15-27(16-14-26)32-37-33(43-38-32)28-11-7-24(8-12-28)21-39(22-31(40)42-35(2,3)4)34(41)29-17-19-30(36)20-18-29/h8-23H,24-25H2,1-7H3,(H,41,47);5-20H,21-22,36H2,1-4H3. The molecule has 0 atom stereocenters. The zero-order chi connectivity index (χ0) is 66.6. The summed E-state index contributed by atoms with van der Waals surface area (Å²) in [4.78, 5) is 76.8. The van der Waals surface area contributed by atoms with Gasteiger partial charge in [-0.25, -0.2) is 4.79 Å². The first kappa shape index (κ1) is 66.4. The Bertz CT molecular complexity index is 4180. The maximum atomic E-state index is 13.7. The number of carbonyl (C=O) groups excluding carboxylic acids is 5. The summed E-state index contributed by atoms with van der Waals surface area (Å²) in [6.45, 7) is 20.0. The number of rotatable bonds is 17. The van der Waals surface area contributed by atoms with E-state index in [0.29, 0.717) is 51.5 Å². The Kier molecular flexibility index (Phi) is 20.6. The van der Waals surface area contributed by atoms with Gasteiger partial charge >= 0.3 is 18.0 Å². The van der Waals surface area contributed by atoms with Crippen LogP contribution in [0.3, 0.4) is 0 Å².